The molecule has 0 bridgehead atoms. The van der Waals surface area contributed by atoms with Gasteiger partial charge in [0.05, 0.1) is 11.4 Å². The number of thiophene rings is 1. The van der Waals surface area contributed by atoms with Gasteiger partial charge < -0.3 is 10.2 Å². The van der Waals surface area contributed by atoms with Crippen LogP contribution in [0.25, 0.3) is 0 Å². The van der Waals surface area contributed by atoms with Gasteiger partial charge in [0.15, 0.2) is 0 Å². The minimum Gasteiger partial charge on any atom is -0.354 e. The maximum absolute atomic E-state index is 12.1. The molecule has 1 heterocycles. The van der Waals surface area contributed by atoms with Crippen molar-refractivity contribution in [2.75, 3.05) is 20.1 Å². The molecule has 1 aromatic heterocycles. The zero-order chi connectivity index (χ0) is 16.0. The first-order valence-corrected chi connectivity index (χ1v) is 8.26. The summed E-state index contributed by atoms with van der Waals surface area (Å²) in [7, 11) is 1.66. The normalized spacial score (nSPS) is 11.2. The van der Waals surface area contributed by atoms with Gasteiger partial charge in [0.1, 0.15) is 0 Å². The van der Waals surface area contributed by atoms with Crippen LogP contribution in [0.3, 0.4) is 0 Å². The predicted molar refractivity (Wildman–Crippen MR) is 87.5 cm³/mol. The lowest BCUT2D eigenvalue weighted by molar-refractivity contribution is -0.121. The van der Waals surface area contributed by atoms with Crippen LogP contribution < -0.4 is 5.32 Å². The fourth-order valence-electron chi connectivity index (χ4n) is 2.40. The van der Waals surface area contributed by atoms with Crippen LogP contribution >= 0.6 is 11.3 Å². The number of nitrogens with one attached hydrogen (secondary N) is 1. The van der Waals surface area contributed by atoms with E-state index >= 15 is 0 Å². The topological polar surface area (TPSA) is 49.4 Å². The van der Waals surface area contributed by atoms with Crippen molar-refractivity contribution in [3.63, 3.8) is 0 Å². The molecule has 0 saturated carbocycles. The molecule has 0 aliphatic rings. The first-order chi connectivity index (χ1) is 9.82. The fourth-order valence-corrected chi connectivity index (χ4v) is 3.12. The van der Waals surface area contributed by atoms with Crippen molar-refractivity contribution in [1.29, 1.82) is 0 Å². The molecule has 0 aliphatic heterocycles. The van der Waals surface area contributed by atoms with Gasteiger partial charge in [0, 0.05) is 13.6 Å². The highest BCUT2D eigenvalue weighted by atomic mass is 32.1. The maximum atomic E-state index is 12.1. The van der Waals surface area contributed by atoms with Crippen LogP contribution in [-0.2, 0) is 4.79 Å². The van der Waals surface area contributed by atoms with Gasteiger partial charge >= 0.3 is 0 Å². The third kappa shape index (κ3) is 5.50. The average molecular weight is 310 g/mol. The van der Waals surface area contributed by atoms with E-state index in [1.165, 1.54) is 16.2 Å². The lowest BCUT2D eigenvalue weighted by Gasteiger charge is -2.25. The highest BCUT2D eigenvalue weighted by Gasteiger charge is 2.20. The molecule has 0 unspecified atom stereocenters. The van der Waals surface area contributed by atoms with Crippen LogP contribution in [0.5, 0.6) is 0 Å². The second-order valence-corrected chi connectivity index (χ2v) is 7.04. The van der Waals surface area contributed by atoms with Crippen molar-refractivity contribution in [2.24, 2.45) is 17.8 Å². The molecule has 1 aromatic rings. The Balaban J connectivity index is 2.44. The Labute approximate surface area is 131 Å². The van der Waals surface area contributed by atoms with Gasteiger partial charge in [-0.3, -0.25) is 9.59 Å². The van der Waals surface area contributed by atoms with Crippen LogP contribution in [0.1, 0.15) is 37.4 Å². The van der Waals surface area contributed by atoms with E-state index in [0.717, 1.165) is 0 Å². The Morgan fingerprint density at radius 2 is 1.86 bits per heavy atom. The Kier molecular flexibility index (Phi) is 6.89. The van der Waals surface area contributed by atoms with E-state index in [0.29, 0.717) is 29.2 Å². The molecule has 0 radical (unpaired) electrons. The maximum Gasteiger partial charge on any atom is 0.264 e. The smallest absolute Gasteiger partial charge is 0.264 e. The molecule has 2 amide bonds. The highest BCUT2D eigenvalue weighted by Crippen LogP contribution is 2.19. The summed E-state index contributed by atoms with van der Waals surface area (Å²) in [6, 6.07) is 3.61. The quantitative estimate of drug-likeness (QED) is 0.842. The summed E-state index contributed by atoms with van der Waals surface area (Å²) in [5.74, 6) is 1.29. The minimum atomic E-state index is -0.107. The predicted octanol–water partition coefficient (Wildman–Crippen LogP) is 2.86. The molecule has 5 heteroatoms. The molecule has 21 heavy (non-hydrogen) atoms. The lowest BCUT2D eigenvalue weighted by Crippen LogP contribution is -2.41. The Morgan fingerprint density at radius 3 is 2.33 bits per heavy atom. The van der Waals surface area contributed by atoms with E-state index in [2.05, 4.69) is 33.0 Å². The van der Waals surface area contributed by atoms with Crippen LogP contribution in [0.15, 0.2) is 17.5 Å². The SMILES string of the molecule is CC(C)C(CNC(=O)CN(C)C(=O)c1cccs1)C(C)C. The van der Waals surface area contributed by atoms with E-state index in [9.17, 15) is 9.59 Å². The fraction of sp³-hybridized carbons (Fsp3) is 0.625. The first-order valence-electron chi connectivity index (χ1n) is 7.38. The van der Waals surface area contributed by atoms with Crippen LogP contribution in [0, 0.1) is 17.8 Å². The van der Waals surface area contributed by atoms with E-state index in [1.807, 2.05) is 11.4 Å². The molecule has 0 spiro atoms. The molecule has 0 atom stereocenters. The van der Waals surface area contributed by atoms with Crippen molar-refractivity contribution in [3.8, 4) is 0 Å². The van der Waals surface area contributed by atoms with Gasteiger partial charge in [-0.1, -0.05) is 33.8 Å². The molecular weight excluding hydrogens is 284 g/mol. The monoisotopic (exact) mass is 310 g/mol. The minimum absolute atomic E-state index is 0.0969. The van der Waals surface area contributed by atoms with Gasteiger partial charge in [-0.15, -0.1) is 11.3 Å². The molecular formula is C16H26N2O2S. The average Bonchev–Trinajstić information content (AvgIpc) is 2.90. The van der Waals surface area contributed by atoms with Gasteiger partial charge in [-0.25, -0.2) is 0 Å². The number of carbonyl (C=O) groups is 2. The summed E-state index contributed by atoms with van der Waals surface area (Å²) in [4.78, 5) is 26.1. The third-order valence-corrected chi connectivity index (χ3v) is 4.56. The molecule has 0 aromatic carbocycles. The molecule has 0 aliphatic carbocycles. The van der Waals surface area contributed by atoms with E-state index in [4.69, 9.17) is 0 Å². The second-order valence-electron chi connectivity index (χ2n) is 6.09. The van der Waals surface area contributed by atoms with Gasteiger partial charge in [0.25, 0.3) is 5.91 Å². The number of rotatable bonds is 7. The van der Waals surface area contributed by atoms with Gasteiger partial charge in [0.2, 0.25) is 5.91 Å². The standard InChI is InChI=1S/C16H26N2O2S/c1-11(2)13(12(3)4)9-17-15(19)10-18(5)16(20)14-7-6-8-21-14/h6-8,11-13H,9-10H2,1-5H3,(H,17,19). The zero-order valence-corrected chi connectivity index (χ0v) is 14.4. The molecule has 1 N–H and O–H groups in total. The Morgan fingerprint density at radius 1 is 1.24 bits per heavy atom. The number of hydrogen-bond acceptors (Lipinski definition) is 3. The van der Waals surface area contributed by atoms with Crippen molar-refractivity contribution >= 4 is 23.2 Å². The second kappa shape index (κ2) is 8.17. The molecule has 4 nitrogen and oxygen atoms in total. The number of carbonyl (C=O) groups excluding carboxylic acids is 2. The summed E-state index contributed by atoms with van der Waals surface area (Å²) < 4.78 is 0. The van der Waals surface area contributed by atoms with E-state index in [-0.39, 0.29) is 18.4 Å². The summed E-state index contributed by atoms with van der Waals surface area (Å²) in [5, 5.41) is 4.81. The molecule has 118 valence electrons. The molecule has 0 saturated heterocycles. The highest BCUT2D eigenvalue weighted by molar-refractivity contribution is 7.12. The van der Waals surface area contributed by atoms with Gasteiger partial charge in [-0.2, -0.15) is 0 Å². The summed E-state index contributed by atoms with van der Waals surface area (Å²) in [5.41, 5.74) is 0. The van der Waals surface area contributed by atoms with Crippen molar-refractivity contribution in [2.45, 2.75) is 27.7 Å². The number of nitrogens with zero attached hydrogens (tertiary/aromatic N) is 1. The summed E-state index contributed by atoms with van der Waals surface area (Å²) in [6.45, 7) is 9.44. The van der Waals surface area contributed by atoms with Crippen LogP contribution in [0.4, 0.5) is 0 Å². The Hall–Kier alpha value is -1.36. The number of hydrogen-bond donors (Lipinski definition) is 1. The van der Waals surface area contributed by atoms with E-state index < -0.39 is 0 Å². The van der Waals surface area contributed by atoms with Crippen LogP contribution in [0.2, 0.25) is 0 Å². The molecule has 1 rings (SSSR count). The summed E-state index contributed by atoms with van der Waals surface area (Å²) in [6.07, 6.45) is 0. The number of likely N-dealkylation sites (N-methyl/N-ethyl adjacent to an activating group) is 1. The zero-order valence-electron chi connectivity index (χ0n) is 13.6. The third-order valence-electron chi connectivity index (χ3n) is 3.71. The molecule has 0 fully saturated rings. The van der Waals surface area contributed by atoms with Crippen molar-refractivity contribution < 1.29 is 9.59 Å². The van der Waals surface area contributed by atoms with Gasteiger partial charge in [-0.05, 0) is 29.2 Å². The van der Waals surface area contributed by atoms with Crippen molar-refractivity contribution in [3.05, 3.63) is 22.4 Å². The summed E-state index contributed by atoms with van der Waals surface area (Å²) >= 11 is 1.39. The lowest BCUT2D eigenvalue weighted by atomic mass is 9.85. The largest absolute Gasteiger partial charge is 0.354 e. The van der Waals surface area contributed by atoms with Crippen molar-refractivity contribution in [1.82, 2.24) is 10.2 Å². The first kappa shape index (κ1) is 17.7. The Bertz CT molecular complexity index is 447. The van der Waals surface area contributed by atoms with E-state index in [1.54, 1.807) is 13.1 Å². The van der Waals surface area contributed by atoms with Crippen LogP contribution in [-0.4, -0.2) is 36.9 Å². The number of amides is 2.